The lowest BCUT2D eigenvalue weighted by molar-refractivity contribution is 0.0372. The fraction of sp³-hybridized carbons (Fsp3) is 0.455. The fourth-order valence-electron chi connectivity index (χ4n) is 1.66. The van der Waals surface area contributed by atoms with Crippen molar-refractivity contribution in [1.82, 2.24) is 10.3 Å². The average molecular weight is 236 g/mol. The Morgan fingerprint density at radius 1 is 1.71 bits per heavy atom. The monoisotopic (exact) mass is 236 g/mol. The third-order valence-electron chi connectivity index (χ3n) is 2.55. The summed E-state index contributed by atoms with van der Waals surface area (Å²) in [5, 5.41) is 6.45. The number of pyridine rings is 1. The summed E-state index contributed by atoms with van der Waals surface area (Å²) in [6, 6.07) is 3.43. The Labute approximate surface area is 99.5 Å². The zero-order chi connectivity index (χ0) is 12.1. The number of primary amides is 1. The van der Waals surface area contributed by atoms with Crippen LogP contribution in [-0.2, 0) is 4.74 Å². The minimum atomic E-state index is -0.524. The smallest absolute Gasteiger partial charge is 0.267 e. The molecule has 1 fully saturated rings. The summed E-state index contributed by atoms with van der Waals surface area (Å²) in [6.45, 7) is 3.16. The Balaban J connectivity index is 1.89. The number of nitrogens with two attached hydrogens (primary N) is 1. The molecule has 0 aliphatic carbocycles. The molecule has 0 bridgehead atoms. The summed E-state index contributed by atoms with van der Waals surface area (Å²) >= 11 is 0. The van der Waals surface area contributed by atoms with Gasteiger partial charge < -0.3 is 21.1 Å². The van der Waals surface area contributed by atoms with Crippen LogP contribution < -0.4 is 16.4 Å². The van der Waals surface area contributed by atoms with Gasteiger partial charge in [0.25, 0.3) is 5.91 Å². The zero-order valence-electron chi connectivity index (χ0n) is 9.48. The molecule has 1 saturated heterocycles. The molecule has 1 aromatic rings. The van der Waals surface area contributed by atoms with Gasteiger partial charge in [-0.05, 0) is 12.1 Å². The molecule has 4 N–H and O–H groups in total. The highest BCUT2D eigenvalue weighted by Gasteiger charge is 2.12. The summed E-state index contributed by atoms with van der Waals surface area (Å²) < 4.78 is 5.55. The molecular weight excluding hydrogens is 220 g/mol. The summed E-state index contributed by atoms with van der Waals surface area (Å²) in [4.78, 5) is 14.8. The predicted octanol–water partition coefficient (Wildman–Crippen LogP) is -0.419. The van der Waals surface area contributed by atoms with Crippen LogP contribution in [0.1, 0.15) is 10.5 Å². The highest BCUT2D eigenvalue weighted by atomic mass is 16.5. The van der Waals surface area contributed by atoms with E-state index in [9.17, 15) is 4.79 Å². The number of aromatic nitrogens is 1. The van der Waals surface area contributed by atoms with Gasteiger partial charge in [-0.25, -0.2) is 0 Å². The predicted molar refractivity (Wildman–Crippen MR) is 63.9 cm³/mol. The third-order valence-corrected chi connectivity index (χ3v) is 2.55. The largest absolute Gasteiger partial charge is 0.382 e. The van der Waals surface area contributed by atoms with Crippen molar-refractivity contribution in [3.05, 3.63) is 24.0 Å². The van der Waals surface area contributed by atoms with Crippen molar-refractivity contribution >= 4 is 11.6 Å². The van der Waals surface area contributed by atoms with E-state index in [4.69, 9.17) is 10.5 Å². The van der Waals surface area contributed by atoms with Crippen molar-refractivity contribution in [1.29, 1.82) is 0 Å². The van der Waals surface area contributed by atoms with Crippen LogP contribution in [-0.4, -0.2) is 43.2 Å². The number of amides is 1. The first-order valence-electron chi connectivity index (χ1n) is 5.58. The Bertz CT molecular complexity index is 391. The molecule has 0 spiro atoms. The number of nitrogens with zero attached hydrogens (tertiary/aromatic N) is 1. The van der Waals surface area contributed by atoms with E-state index < -0.39 is 5.91 Å². The zero-order valence-corrected chi connectivity index (χ0v) is 9.48. The number of morpholine rings is 1. The second kappa shape index (κ2) is 5.60. The van der Waals surface area contributed by atoms with Crippen LogP contribution in [0.2, 0.25) is 0 Å². The molecule has 2 heterocycles. The number of carbonyl (C=O) groups is 1. The maximum Gasteiger partial charge on any atom is 0.267 e. The Morgan fingerprint density at radius 2 is 2.59 bits per heavy atom. The van der Waals surface area contributed by atoms with E-state index in [-0.39, 0.29) is 11.8 Å². The lowest BCUT2D eigenvalue weighted by atomic mass is 10.2. The fourth-order valence-corrected chi connectivity index (χ4v) is 1.66. The minimum absolute atomic E-state index is 0.147. The van der Waals surface area contributed by atoms with Crippen LogP contribution in [0.5, 0.6) is 0 Å². The summed E-state index contributed by atoms with van der Waals surface area (Å²) in [5.74, 6) is -0.524. The third kappa shape index (κ3) is 3.40. The van der Waals surface area contributed by atoms with Crippen LogP contribution in [0.4, 0.5) is 5.69 Å². The van der Waals surface area contributed by atoms with Crippen LogP contribution in [0, 0.1) is 0 Å². The van der Waals surface area contributed by atoms with Gasteiger partial charge in [-0.15, -0.1) is 0 Å². The SMILES string of the molecule is NC(=O)c1cc(NCC2CNCCO2)ccn1. The van der Waals surface area contributed by atoms with Gasteiger partial charge >= 0.3 is 0 Å². The first-order valence-corrected chi connectivity index (χ1v) is 5.58. The van der Waals surface area contributed by atoms with E-state index in [0.29, 0.717) is 6.54 Å². The van der Waals surface area contributed by atoms with Crippen LogP contribution in [0.15, 0.2) is 18.3 Å². The molecule has 6 nitrogen and oxygen atoms in total. The number of nitrogens with one attached hydrogen (secondary N) is 2. The number of ether oxygens (including phenoxy) is 1. The molecule has 6 heteroatoms. The van der Waals surface area contributed by atoms with E-state index in [1.165, 1.54) is 0 Å². The second-order valence-corrected chi connectivity index (χ2v) is 3.87. The Hall–Kier alpha value is -1.66. The molecule has 0 saturated carbocycles. The number of hydrogen-bond donors (Lipinski definition) is 3. The number of hydrogen-bond acceptors (Lipinski definition) is 5. The van der Waals surface area contributed by atoms with E-state index in [2.05, 4.69) is 15.6 Å². The lowest BCUT2D eigenvalue weighted by Crippen LogP contribution is -2.42. The topological polar surface area (TPSA) is 89.3 Å². The molecule has 1 aromatic heterocycles. The average Bonchev–Trinajstić information content (AvgIpc) is 2.38. The van der Waals surface area contributed by atoms with Gasteiger partial charge in [-0.3, -0.25) is 9.78 Å². The Kier molecular flexibility index (Phi) is 3.89. The first-order chi connectivity index (χ1) is 8.25. The van der Waals surface area contributed by atoms with Crippen molar-refractivity contribution in [2.45, 2.75) is 6.10 Å². The second-order valence-electron chi connectivity index (χ2n) is 3.87. The van der Waals surface area contributed by atoms with Crippen molar-refractivity contribution in [3.8, 4) is 0 Å². The first kappa shape index (κ1) is 11.8. The summed E-state index contributed by atoms with van der Waals surface area (Å²) in [6.07, 6.45) is 1.71. The molecule has 0 radical (unpaired) electrons. The van der Waals surface area contributed by atoms with E-state index in [1.54, 1.807) is 18.3 Å². The van der Waals surface area contributed by atoms with Crippen molar-refractivity contribution in [2.24, 2.45) is 5.73 Å². The minimum Gasteiger partial charge on any atom is -0.382 e. The van der Waals surface area contributed by atoms with Crippen molar-refractivity contribution in [3.63, 3.8) is 0 Å². The van der Waals surface area contributed by atoms with Gasteiger partial charge in [-0.1, -0.05) is 0 Å². The molecular formula is C11H16N4O2. The normalized spacial score (nSPS) is 19.9. The highest BCUT2D eigenvalue weighted by Crippen LogP contribution is 2.08. The number of rotatable bonds is 4. The summed E-state index contributed by atoms with van der Waals surface area (Å²) in [5.41, 5.74) is 6.24. The molecule has 1 aliphatic heterocycles. The molecule has 2 rings (SSSR count). The molecule has 0 aromatic carbocycles. The molecule has 1 atom stereocenters. The van der Waals surface area contributed by atoms with Gasteiger partial charge in [0.05, 0.1) is 12.7 Å². The van der Waals surface area contributed by atoms with Gasteiger partial charge in [0, 0.05) is 31.5 Å². The van der Waals surface area contributed by atoms with Gasteiger partial charge in [0.1, 0.15) is 5.69 Å². The van der Waals surface area contributed by atoms with Gasteiger partial charge in [0.15, 0.2) is 0 Å². The van der Waals surface area contributed by atoms with E-state index in [1.807, 2.05) is 0 Å². The molecule has 17 heavy (non-hydrogen) atoms. The maximum absolute atomic E-state index is 11.0. The van der Waals surface area contributed by atoms with Crippen molar-refractivity contribution < 1.29 is 9.53 Å². The number of carbonyl (C=O) groups excluding carboxylic acids is 1. The molecule has 1 unspecified atom stereocenters. The van der Waals surface area contributed by atoms with Gasteiger partial charge in [0.2, 0.25) is 0 Å². The van der Waals surface area contributed by atoms with Crippen LogP contribution in [0.25, 0.3) is 0 Å². The van der Waals surface area contributed by atoms with E-state index >= 15 is 0 Å². The lowest BCUT2D eigenvalue weighted by Gasteiger charge is -2.24. The van der Waals surface area contributed by atoms with Gasteiger partial charge in [-0.2, -0.15) is 0 Å². The maximum atomic E-state index is 11.0. The van der Waals surface area contributed by atoms with E-state index in [0.717, 1.165) is 25.4 Å². The number of anilines is 1. The highest BCUT2D eigenvalue weighted by molar-refractivity contribution is 5.91. The van der Waals surface area contributed by atoms with Crippen LogP contribution >= 0.6 is 0 Å². The Morgan fingerprint density at radius 3 is 3.29 bits per heavy atom. The quantitative estimate of drug-likeness (QED) is 0.660. The molecule has 92 valence electrons. The van der Waals surface area contributed by atoms with Crippen molar-refractivity contribution in [2.75, 3.05) is 31.6 Å². The molecule has 1 amide bonds. The molecule has 1 aliphatic rings. The summed E-state index contributed by atoms with van der Waals surface area (Å²) in [7, 11) is 0. The standard InChI is InChI=1S/C11H16N4O2/c12-11(16)10-5-8(1-2-14-10)15-7-9-6-13-3-4-17-9/h1-2,5,9,13H,3-4,6-7H2,(H2,12,16)(H,14,15). The van der Waals surface area contributed by atoms with Crippen LogP contribution in [0.3, 0.4) is 0 Å².